The zero-order valence-corrected chi connectivity index (χ0v) is 15.2. The molecule has 0 aliphatic heterocycles. The summed E-state index contributed by atoms with van der Waals surface area (Å²) in [6.45, 7) is 6.82. The molecule has 0 aliphatic rings. The lowest BCUT2D eigenvalue weighted by Gasteiger charge is -2.15. The van der Waals surface area contributed by atoms with E-state index in [9.17, 15) is 4.79 Å². The summed E-state index contributed by atoms with van der Waals surface area (Å²) in [4.78, 5) is 16.4. The third-order valence-corrected chi connectivity index (χ3v) is 3.60. The Morgan fingerprint density at radius 2 is 1.96 bits per heavy atom. The highest BCUT2D eigenvalue weighted by Gasteiger charge is 2.08. The van der Waals surface area contributed by atoms with Crippen LogP contribution in [0, 0.1) is 0 Å². The Kier molecular flexibility index (Phi) is 7.26. The van der Waals surface area contributed by atoms with E-state index in [1.165, 1.54) is 0 Å². The molecule has 2 aromatic rings. The number of benzene rings is 1. The van der Waals surface area contributed by atoms with E-state index in [4.69, 9.17) is 4.74 Å². The number of carbonyl (C=O) groups is 1. The van der Waals surface area contributed by atoms with E-state index >= 15 is 0 Å². The highest BCUT2D eigenvalue weighted by molar-refractivity contribution is 5.94. The molecule has 0 saturated heterocycles. The molecule has 25 heavy (non-hydrogen) atoms. The zero-order valence-electron chi connectivity index (χ0n) is 15.2. The van der Waals surface area contributed by atoms with Crippen LogP contribution in [-0.4, -0.2) is 23.5 Å². The van der Waals surface area contributed by atoms with Gasteiger partial charge in [0.15, 0.2) is 0 Å². The summed E-state index contributed by atoms with van der Waals surface area (Å²) < 4.78 is 5.79. The summed E-state index contributed by atoms with van der Waals surface area (Å²) in [5.41, 5.74) is 1.41. The Hall–Kier alpha value is -2.56. The number of hydrogen-bond acceptors (Lipinski definition) is 4. The van der Waals surface area contributed by atoms with E-state index in [1.54, 1.807) is 18.3 Å². The molecular formula is C20H27N3O2. The van der Waals surface area contributed by atoms with Gasteiger partial charge in [0.25, 0.3) is 5.91 Å². The van der Waals surface area contributed by atoms with Crippen LogP contribution in [0.1, 0.15) is 50.4 Å². The van der Waals surface area contributed by atoms with Crippen molar-refractivity contribution in [3.8, 4) is 5.75 Å². The molecule has 2 N–H and O–H groups in total. The van der Waals surface area contributed by atoms with Crippen LogP contribution in [0.25, 0.3) is 0 Å². The lowest BCUT2D eigenvalue weighted by Crippen LogP contribution is -2.24. The Bertz CT molecular complexity index is 669. The van der Waals surface area contributed by atoms with Crippen LogP contribution in [0.2, 0.25) is 0 Å². The third kappa shape index (κ3) is 6.10. The van der Waals surface area contributed by atoms with Crippen molar-refractivity contribution < 1.29 is 9.53 Å². The highest BCUT2D eigenvalue weighted by atomic mass is 16.5. The maximum atomic E-state index is 12.1. The minimum atomic E-state index is -0.0845. The van der Waals surface area contributed by atoms with Crippen molar-refractivity contribution in [2.24, 2.45) is 0 Å². The van der Waals surface area contributed by atoms with Crippen molar-refractivity contribution in [3.63, 3.8) is 0 Å². The molecule has 0 spiro atoms. The van der Waals surface area contributed by atoms with Gasteiger partial charge >= 0.3 is 0 Å². The summed E-state index contributed by atoms with van der Waals surface area (Å²) in [7, 11) is 0. The van der Waals surface area contributed by atoms with Crippen LogP contribution < -0.4 is 15.4 Å². The number of nitrogens with zero attached hydrogens (tertiary/aromatic N) is 1. The van der Waals surface area contributed by atoms with E-state index < -0.39 is 0 Å². The molecule has 0 saturated carbocycles. The number of amides is 1. The predicted octanol–water partition coefficient (Wildman–Crippen LogP) is 4.53. The van der Waals surface area contributed by atoms with Gasteiger partial charge in [0.05, 0.1) is 17.4 Å². The van der Waals surface area contributed by atoms with Crippen molar-refractivity contribution >= 4 is 17.4 Å². The number of nitrogens with one attached hydrogen (secondary N) is 2. The van der Waals surface area contributed by atoms with Crippen LogP contribution in [0.3, 0.4) is 0 Å². The van der Waals surface area contributed by atoms with E-state index in [0.29, 0.717) is 17.9 Å². The normalized spacial score (nSPS) is 10.6. The van der Waals surface area contributed by atoms with Gasteiger partial charge in [-0.2, -0.15) is 0 Å². The average Bonchev–Trinajstić information content (AvgIpc) is 2.60. The molecule has 0 atom stereocenters. The van der Waals surface area contributed by atoms with Crippen LogP contribution in [-0.2, 0) is 0 Å². The molecule has 0 unspecified atom stereocenters. The summed E-state index contributed by atoms with van der Waals surface area (Å²) in [6, 6.07) is 11.3. The standard InChI is InChI=1S/C20H27N3O2/c1-4-5-8-13-21-20(24)16-11-12-19(22-14-16)23-17-9-6-7-10-18(17)25-15(2)3/h6-7,9-12,14-15H,4-5,8,13H2,1-3H3,(H,21,24)(H,22,23). The summed E-state index contributed by atoms with van der Waals surface area (Å²) in [5.74, 6) is 1.36. The number of rotatable bonds is 9. The lowest BCUT2D eigenvalue weighted by molar-refractivity contribution is 0.0952. The molecule has 5 heteroatoms. The van der Waals surface area contributed by atoms with E-state index in [1.807, 2.05) is 38.1 Å². The summed E-state index contributed by atoms with van der Waals surface area (Å²) >= 11 is 0. The predicted molar refractivity (Wildman–Crippen MR) is 102 cm³/mol. The Morgan fingerprint density at radius 3 is 2.64 bits per heavy atom. The number of unbranched alkanes of at least 4 members (excludes halogenated alkanes) is 2. The fraction of sp³-hybridized carbons (Fsp3) is 0.400. The molecule has 2 rings (SSSR count). The molecule has 1 heterocycles. The molecule has 1 amide bonds. The fourth-order valence-corrected chi connectivity index (χ4v) is 2.35. The molecular weight excluding hydrogens is 314 g/mol. The van der Waals surface area contributed by atoms with Gasteiger partial charge in [-0.05, 0) is 44.5 Å². The van der Waals surface area contributed by atoms with Crippen LogP contribution in [0.4, 0.5) is 11.5 Å². The Balaban J connectivity index is 1.98. The molecule has 0 bridgehead atoms. The van der Waals surface area contributed by atoms with Crippen molar-refractivity contribution in [2.75, 3.05) is 11.9 Å². The minimum Gasteiger partial charge on any atom is -0.489 e. The summed E-state index contributed by atoms with van der Waals surface area (Å²) in [5, 5.41) is 6.15. The smallest absolute Gasteiger partial charge is 0.252 e. The Morgan fingerprint density at radius 1 is 1.16 bits per heavy atom. The van der Waals surface area contributed by atoms with Gasteiger partial charge in [0, 0.05) is 12.7 Å². The van der Waals surface area contributed by atoms with Gasteiger partial charge in [-0.15, -0.1) is 0 Å². The molecule has 0 radical (unpaired) electrons. The second-order valence-corrected chi connectivity index (χ2v) is 6.18. The molecule has 0 fully saturated rings. The fourth-order valence-electron chi connectivity index (χ4n) is 2.35. The Labute approximate surface area is 149 Å². The average molecular weight is 341 g/mol. The first kappa shape index (κ1) is 18.8. The SMILES string of the molecule is CCCCCNC(=O)c1ccc(Nc2ccccc2OC(C)C)nc1. The van der Waals surface area contributed by atoms with Crippen molar-refractivity contribution in [2.45, 2.75) is 46.1 Å². The maximum absolute atomic E-state index is 12.1. The molecule has 0 aliphatic carbocycles. The second-order valence-electron chi connectivity index (χ2n) is 6.18. The number of carbonyl (C=O) groups excluding carboxylic acids is 1. The van der Waals surface area contributed by atoms with Gasteiger partial charge in [-0.3, -0.25) is 4.79 Å². The first-order chi connectivity index (χ1) is 12.1. The van der Waals surface area contributed by atoms with Crippen molar-refractivity contribution in [1.29, 1.82) is 0 Å². The van der Waals surface area contributed by atoms with Crippen LogP contribution in [0.15, 0.2) is 42.6 Å². The van der Waals surface area contributed by atoms with Gasteiger partial charge in [0.2, 0.25) is 0 Å². The molecule has 1 aromatic carbocycles. The number of aromatic nitrogens is 1. The van der Waals surface area contributed by atoms with Crippen LogP contribution in [0.5, 0.6) is 5.75 Å². The zero-order chi connectivity index (χ0) is 18.1. The molecule has 5 nitrogen and oxygen atoms in total. The number of ether oxygens (including phenoxy) is 1. The molecule has 134 valence electrons. The number of hydrogen-bond donors (Lipinski definition) is 2. The first-order valence-corrected chi connectivity index (χ1v) is 8.87. The summed E-state index contributed by atoms with van der Waals surface area (Å²) in [6.07, 6.45) is 4.94. The highest BCUT2D eigenvalue weighted by Crippen LogP contribution is 2.27. The number of anilines is 2. The number of pyridine rings is 1. The largest absolute Gasteiger partial charge is 0.489 e. The topological polar surface area (TPSA) is 63.2 Å². The van der Waals surface area contributed by atoms with Crippen molar-refractivity contribution in [3.05, 3.63) is 48.2 Å². The van der Waals surface area contributed by atoms with Gasteiger partial charge in [-0.25, -0.2) is 4.98 Å². The van der Waals surface area contributed by atoms with Crippen molar-refractivity contribution in [1.82, 2.24) is 10.3 Å². The third-order valence-electron chi connectivity index (χ3n) is 3.60. The van der Waals surface area contributed by atoms with E-state index in [0.717, 1.165) is 30.7 Å². The lowest BCUT2D eigenvalue weighted by atomic mass is 10.2. The van der Waals surface area contributed by atoms with Crippen LogP contribution >= 0.6 is 0 Å². The van der Waals surface area contributed by atoms with Gasteiger partial charge < -0.3 is 15.4 Å². The van der Waals surface area contributed by atoms with Gasteiger partial charge in [0.1, 0.15) is 11.6 Å². The minimum absolute atomic E-state index is 0.0845. The maximum Gasteiger partial charge on any atom is 0.252 e. The second kappa shape index (κ2) is 9.67. The molecule has 1 aromatic heterocycles. The van der Waals surface area contributed by atoms with E-state index in [2.05, 4.69) is 22.5 Å². The first-order valence-electron chi connectivity index (χ1n) is 8.87. The quantitative estimate of drug-likeness (QED) is 0.658. The monoisotopic (exact) mass is 341 g/mol. The van der Waals surface area contributed by atoms with E-state index in [-0.39, 0.29) is 12.0 Å². The number of para-hydroxylation sites is 2. The van der Waals surface area contributed by atoms with Gasteiger partial charge in [-0.1, -0.05) is 31.9 Å².